The molecule has 1 nitrogen and oxygen atoms in total. The van der Waals surface area contributed by atoms with Gasteiger partial charge in [-0.15, -0.1) is 0 Å². The molecule has 0 heterocycles. The first-order chi connectivity index (χ1) is 10.5. The summed E-state index contributed by atoms with van der Waals surface area (Å²) in [6, 6.07) is 12.9. The molecule has 0 saturated heterocycles. The Morgan fingerprint density at radius 1 is 0.870 bits per heavy atom. The summed E-state index contributed by atoms with van der Waals surface area (Å²) in [5.74, 6) is 0.448. The summed E-state index contributed by atoms with van der Waals surface area (Å²) in [6.07, 6.45) is 0.764. The fourth-order valence-corrected chi connectivity index (χ4v) is 2.93. The van der Waals surface area contributed by atoms with Gasteiger partial charge in [-0.25, -0.2) is 0 Å². The second-order valence-corrected chi connectivity index (χ2v) is 8.70. The third-order valence-electron chi connectivity index (χ3n) is 4.33. The van der Waals surface area contributed by atoms with Gasteiger partial charge in [-0.1, -0.05) is 83.5 Å². The fraction of sp³-hybridized carbons (Fsp3) is 0.455. The highest BCUT2D eigenvalue weighted by Crippen LogP contribution is 2.35. The van der Waals surface area contributed by atoms with E-state index in [9.17, 15) is 5.11 Å². The molecule has 0 bridgehead atoms. The van der Waals surface area contributed by atoms with Crippen LogP contribution in [0, 0.1) is 6.92 Å². The van der Waals surface area contributed by atoms with E-state index in [4.69, 9.17) is 0 Å². The predicted molar refractivity (Wildman–Crippen MR) is 99.5 cm³/mol. The van der Waals surface area contributed by atoms with Gasteiger partial charge in [0.1, 0.15) is 5.75 Å². The Balaban J connectivity index is 2.44. The molecule has 2 aromatic rings. The second kappa shape index (κ2) is 6.03. The molecule has 2 aromatic carbocycles. The summed E-state index contributed by atoms with van der Waals surface area (Å²) in [5, 5.41) is 10.7. The maximum atomic E-state index is 10.7. The number of hydrogen-bond donors (Lipinski definition) is 1. The van der Waals surface area contributed by atoms with Crippen molar-refractivity contribution in [3.8, 4) is 5.75 Å². The van der Waals surface area contributed by atoms with Crippen molar-refractivity contribution >= 4 is 0 Å². The molecule has 0 aromatic heterocycles. The number of aromatic hydroxyl groups is 1. The zero-order valence-electron chi connectivity index (χ0n) is 15.6. The number of benzene rings is 2. The van der Waals surface area contributed by atoms with Crippen LogP contribution in [0.1, 0.15) is 69.4 Å². The van der Waals surface area contributed by atoms with E-state index in [1.807, 2.05) is 0 Å². The molecule has 1 heteroatoms. The van der Waals surface area contributed by atoms with Crippen LogP contribution in [0.3, 0.4) is 0 Å². The van der Waals surface area contributed by atoms with Gasteiger partial charge in [0.15, 0.2) is 0 Å². The monoisotopic (exact) mass is 310 g/mol. The summed E-state index contributed by atoms with van der Waals surface area (Å²) >= 11 is 0. The van der Waals surface area contributed by atoms with Gasteiger partial charge in [0, 0.05) is 6.42 Å². The molecule has 0 aliphatic heterocycles. The average Bonchev–Trinajstić information content (AvgIpc) is 2.40. The van der Waals surface area contributed by atoms with Crippen LogP contribution >= 0.6 is 0 Å². The van der Waals surface area contributed by atoms with Gasteiger partial charge < -0.3 is 5.11 Å². The molecular weight excluding hydrogens is 280 g/mol. The van der Waals surface area contributed by atoms with Crippen LogP contribution in [0.5, 0.6) is 5.75 Å². The van der Waals surface area contributed by atoms with E-state index in [1.54, 1.807) is 0 Å². The largest absolute Gasteiger partial charge is 0.507 e. The van der Waals surface area contributed by atoms with Crippen molar-refractivity contribution in [3.63, 3.8) is 0 Å². The normalized spacial score (nSPS) is 12.5. The highest BCUT2D eigenvalue weighted by Gasteiger charge is 2.21. The zero-order chi connectivity index (χ0) is 17.4. The van der Waals surface area contributed by atoms with Gasteiger partial charge in [-0.05, 0) is 40.0 Å². The Morgan fingerprint density at radius 3 is 2.09 bits per heavy atom. The summed E-state index contributed by atoms with van der Waals surface area (Å²) < 4.78 is 0. The van der Waals surface area contributed by atoms with Crippen LogP contribution in [-0.4, -0.2) is 5.11 Å². The number of phenolic OH excluding ortho intramolecular Hbond substituents is 1. The summed E-state index contributed by atoms with van der Waals surface area (Å²) in [6.45, 7) is 15.2. The SMILES string of the molecule is Cc1cc(Cc2cccc(C(C)(C)C)c2)c(O)c(C(C)(C)C)c1. The molecule has 0 radical (unpaired) electrons. The molecule has 0 aliphatic rings. The number of aryl methyl sites for hydroxylation is 1. The van der Waals surface area contributed by atoms with E-state index in [0.717, 1.165) is 17.5 Å². The van der Waals surface area contributed by atoms with Crippen LogP contribution in [0.4, 0.5) is 0 Å². The third kappa shape index (κ3) is 4.16. The number of phenols is 1. The molecule has 0 saturated carbocycles. The van der Waals surface area contributed by atoms with E-state index in [0.29, 0.717) is 5.75 Å². The zero-order valence-corrected chi connectivity index (χ0v) is 15.6. The van der Waals surface area contributed by atoms with Crippen LogP contribution < -0.4 is 0 Å². The smallest absolute Gasteiger partial charge is 0.122 e. The van der Waals surface area contributed by atoms with E-state index in [2.05, 4.69) is 84.9 Å². The molecule has 23 heavy (non-hydrogen) atoms. The van der Waals surface area contributed by atoms with Gasteiger partial charge in [-0.3, -0.25) is 0 Å². The topological polar surface area (TPSA) is 20.2 Å². The summed E-state index contributed by atoms with van der Waals surface area (Å²) in [7, 11) is 0. The minimum absolute atomic E-state index is 0.0574. The molecule has 0 fully saturated rings. The summed E-state index contributed by atoms with van der Waals surface area (Å²) in [4.78, 5) is 0. The Kier molecular flexibility index (Phi) is 4.61. The van der Waals surface area contributed by atoms with Crippen molar-refractivity contribution in [2.75, 3.05) is 0 Å². The first-order valence-electron chi connectivity index (χ1n) is 8.41. The molecule has 0 amide bonds. The lowest BCUT2D eigenvalue weighted by molar-refractivity contribution is 0.441. The predicted octanol–water partition coefficient (Wildman–Crippen LogP) is 5.89. The van der Waals surface area contributed by atoms with Crippen LogP contribution in [-0.2, 0) is 17.3 Å². The van der Waals surface area contributed by atoms with Gasteiger partial charge in [0.2, 0.25) is 0 Å². The van der Waals surface area contributed by atoms with Crippen LogP contribution in [0.2, 0.25) is 0 Å². The Hall–Kier alpha value is -1.76. The summed E-state index contributed by atoms with van der Waals surface area (Å²) in [5.41, 5.74) is 5.91. The minimum Gasteiger partial charge on any atom is -0.507 e. The Morgan fingerprint density at radius 2 is 1.52 bits per heavy atom. The van der Waals surface area contributed by atoms with E-state index in [1.165, 1.54) is 16.7 Å². The van der Waals surface area contributed by atoms with Crippen molar-refractivity contribution in [1.29, 1.82) is 0 Å². The molecule has 0 spiro atoms. The first kappa shape index (κ1) is 17.6. The lowest BCUT2D eigenvalue weighted by Crippen LogP contribution is -2.13. The Bertz CT molecular complexity index is 697. The van der Waals surface area contributed by atoms with Crippen LogP contribution in [0.25, 0.3) is 0 Å². The van der Waals surface area contributed by atoms with E-state index in [-0.39, 0.29) is 10.8 Å². The van der Waals surface area contributed by atoms with Gasteiger partial charge >= 0.3 is 0 Å². The molecular formula is C22H30O. The molecule has 0 unspecified atom stereocenters. The van der Waals surface area contributed by atoms with Crippen molar-refractivity contribution in [2.45, 2.75) is 65.7 Å². The van der Waals surface area contributed by atoms with Crippen molar-refractivity contribution in [2.24, 2.45) is 0 Å². The Labute approximate surface area is 141 Å². The number of hydrogen-bond acceptors (Lipinski definition) is 1. The highest BCUT2D eigenvalue weighted by molar-refractivity contribution is 5.48. The molecule has 124 valence electrons. The molecule has 0 atom stereocenters. The average molecular weight is 310 g/mol. The maximum Gasteiger partial charge on any atom is 0.122 e. The van der Waals surface area contributed by atoms with Crippen molar-refractivity contribution in [3.05, 3.63) is 64.2 Å². The first-order valence-corrected chi connectivity index (χ1v) is 8.41. The van der Waals surface area contributed by atoms with Crippen LogP contribution in [0.15, 0.2) is 36.4 Å². The van der Waals surface area contributed by atoms with Gasteiger partial charge in [0.25, 0.3) is 0 Å². The molecule has 1 N–H and O–H groups in total. The maximum absolute atomic E-state index is 10.7. The molecule has 0 aliphatic carbocycles. The fourth-order valence-electron chi connectivity index (χ4n) is 2.93. The van der Waals surface area contributed by atoms with E-state index >= 15 is 0 Å². The standard InChI is InChI=1S/C22H30O/c1-15-11-17(20(23)19(12-15)22(5,6)7)13-16-9-8-10-18(14-16)21(2,3)4/h8-12,14,23H,13H2,1-7H3. The third-order valence-corrected chi connectivity index (χ3v) is 4.33. The number of rotatable bonds is 2. The highest BCUT2D eigenvalue weighted by atomic mass is 16.3. The van der Waals surface area contributed by atoms with Crippen molar-refractivity contribution in [1.82, 2.24) is 0 Å². The van der Waals surface area contributed by atoms with Gasteiger partial charge in [-0.2, -0.15) is 0 Å². The van der Waals surface area contributed by atoms with Gasteiger partial charge in [0.05, 0.1) is 0 Å². The lowest BCUT2D eigenvalue weighted by atomic mass is 9.82. The molecule has 2 rings (SSSR count). The van der Waals surface area contributed by atoms with Crippen molar-refractivity contribution < 1.29 is 5.11 Å². The second-order valence-electron chi connectivity index (χ2n) is 8.70. The quantitative estimate of drug-likeness (QED) is 0.733. The van der Waals surface area contributed by atoms with E-state index < -0.39 is 0 Å². The minimum atomic E-state index is -0.0574. The lowest BCUT2D eigenvalue weighted by Gasteiger charge is -2.23.